The van der Waals surface area contributed by atoms with Crippen molar-refractivity contribution < 1.29 is 5.11 Å². The topological polar surface area (TPSA) is 20.2 Å². The van der Waals surface area contributed by atoms with Gasteiger partial charge in [0, 0.05) is 16.1 Å². The third-order valence-electron chi connectivity index (χ3n) is 2.18. The molecule has 0 aliphatic carbocycles. The summed E-state index contributed by atoms with van der Waals surface area (Å²) in [5.41, 5.74) is 1.18. The molecule has 0 aliphatic heterocycles. The van der Waals surface area contributed by atoms with Gasteiger partial charge in [-0.25, -0.2) is 0 Å². The minimum atomic E-state index is 0.133. The number of benzene rings is 2. The maximum absolute atomic E-state index is 9.73. The Labute approximate surface area is 108 Å². The molecule has 0 amide bonds. The number of rotatable bonds is 1. The summed E-state index contributed by atoms with van der Waals surface area (Å²) >= 11 is 17.9. The molecule has 0 spiro atoms. The van der Waals surface area contributed by atoms with Crippen LogP contribution in [0.15, 0.2) is 36.4 Å². The second kappa shape index (κ2) is 4.54. The summed E-state index contributed by atoms with van der Waals surface area (Å²) in [7, 11) is 0. The Hall–Kier alpha value is -0.890. The highest BCUT2D eigenvalue weighted by Gasteiger charge is 2.12. The van der Waals surface area contributed by atoms with E-state index in [2.05, 4.69) is 0 Å². The Morgan fingerprint density at radius 1 is 0.875 bits per heavy atom. The van der Waals surface area contributed by atoms with Crippen molar-refractivity contribution in [1.82, 2.24) is 0 Å². The first kappa shape index (κ1) is 11.6. The molecule has 0 aromatic heterocycles. The number of para-hydroxylation sites is 1. The normalized spacial score (nSPS) is 10.4. The van der Waals surface area contributed by atoms with E-state index in [9.17, 15) is 5.11 Å². The second-order valence-corrected chi connectivity index (χ2v) is 4.51. The fourth-order valence-electron chi connectivity index (χ4n) is 1.48. The Bertz CT molecular complexity index is 515. The first-order valence-electron chi connectivity index (χ1n) is 4.52. The van der Waals surface area contributed by atoms with Crippen LogP contribution in [0.25, 0.3) is 11.1 Å². The molecule has 4 heteroatoms. The van der Waals surface area contributed by atoms with Crippen LogP contribution in [0.1, 0.15) is 0 Å². The van der Waals surface area contributed by atoms with Gasteiger partial charge in [-0.05, 0) is 18.2 Å². The zero-order chi connectivity index (χ0) is 11.7. The van der Waals surface area contributed by atoms with E-state index in [-0.39, 0.29) is 5.75 Å². The van der Waals surface area contributed by atoms with Gasteiger partial charge in [-0.15, -0.1) is 0 Å². The standard InChI is InChI=1S/C12H7Cl3O/c13-7-5-9(14)12(10(15)6-7)8-3-1-2-4-11(8)16/h1-6,16H. The Morgan fingerprint density at radius 2 is 1.44 bits per heavy atom. The number of hydrogen-bond donors (Lipinski definition) is 1. The van der Waals surface area contributed by atoms with Gasteiger partial charge in [-0.3, -0.25) is 0 Å². The smallest absolute Gasteiger partial charge is 0.123 e. The van der Waals surface area contributed by atoms with Crippen LogP contribution in [0.5, 0.6) is 5.75 Å². The SMILES string of the molecule is Oc1ccccc1-c1c(Cl)cc(Cl)cc1Cl. The number of phenols is 1. The van der Waals surface area contributed by atoms with Crippen LogP contribution >= 0.6 is 34.8 Å². The highest BCUT2D eigenvalue weighted by Crippen LogP contribution is 2.40. The van der Waals surface area contributed by atoms with E-state index in [0.717, 1.165) is 0 Å². The number of phenolic OH excluding ortho intramolecular Hbond substituents is 1. The molecule has 82 valence electrons. The minimum absolute atomic E-state index is 0.133. The van der Waals surface area contributed by atoms with E-state index in [1.54, 1.807) is 36.4 Å². The Morgan fingerprint density at radius 3 is 2.00 bits per heavy atom. The van der Waals surface area contributed by atoms with Gasteiger partial charge in [-0.2, -0.15) is 0 Å². The lowest BCUT2D eigenvalue weighted by molar-refractivity contribution is 0.477. The van der Waals surface area contributed by atoms with Gasteiger partial charge in [0.2, 0.25) is 0 Å². The largest absolute Gasteiger partial charge is 0.507 e. The second-order valence-electron chi connectivity index (χ2n) is 3.26. The van der Waals surface area contributed by atoms with E-state index < -0.39 is 0 Å². The van der Waals surface area contributed by atoms with Crippen LogP contribution in [0.2, 0.25) is 15.1 Å². The van der Waals surface area contributed by atoms with Crippen molar-refractivity contribution in [3.63, 3.8) is 0 Å². The molecule has 0 saturated heterocycles. The van der Waals surface area contributed by atoms with E-state index in [1.165, 1.54) is 0 Å². The first-order valence-corrected chi connectivity index (χ1v) is 5.66. The van der Waals surface area contributed by atoms with Crippen molar-refractivity contribution in [3.05, 3.63) is 51.5 Å². The van der Waals surface area contributed by atoms with Crippen LogP contribution in [0, 0.1) is 0 Å². The Kier molecular flexibility index (Phi) is 3.29. The van der Waals surface area contributed by atoms with Gasteiger partial charge >= 0.3 is 0 Å². The van der Waals surface area contributed by atoms with Crippen molar-refractivity contribution in [3.8, 4) is 16.9 Å². The van der Waals surface area contributed by atoms with Crippen molar-refractivity contribution in [2.24, 2.45) is 0 Å². The van der Waals surface area contributed by atoms with Gasteiger partial charge < -0.3 is 5.11 Å². The zero-order valence-corrected chi connectivity index (χ0v) is 10.3. The molecule has 2 rings (SSSR count). The van der Waals surface area contributed by atoms with Crippen molar-refractivity contribution >= 4 is 34.8 Å². The van der Waals surface area contributed by atoms with Crippen LogP contribution in [0.3, 0.4) is 0 Å². The maximum atomic E-state index is 9.73. The summed E-state index contributed by atoms with van der Waals surface area (Å²) in [6.45, 7) is 0. The molecule has 0 unspecified atom stereocenters. The van der Waals surface area contributed by atoms with Crippen molar-refractivity contribution in [2.45, 2.75) is 0 Å². The summed E-state index contributed by atoms with van der Waals surface area (Å²) in [5.74, 6) is 0.133. The number of halogens is 3. The average molecular weight is 274 g/mol. The lowest BCUT2D eigenvalue weighted by Crippen LogP contribution is -1.83. The molecule has 0 heterocycles. The molecular weight excluding hydrogens is 266 g/mol. The van der Waals surface area contributed by atoms with E-state index >= 15 is 0 Å². The molecule has 0 fully saturated rings. The van der Waals surface area contributed by atoms with Crippen molar-refractivity contribution in [1.29, 1.82) is 0 Å². The molecule has 0 saturated carbocycles. The minimum Gasteiger partial charge on any atom is -0.507 e. The summed E-state index contributed by atoms with van der Waals surface area (Å²) in [5, 5.41) is 11.0. The first-order chi connectivity index (χ1) is 7.59. The molecule has 0 aliphatic rings. The molecule has 0 atom stereocenters. The number of aromatic hydroxyl groups is 1. The van der Waals surface area contributed by atoms with E-state index in [0.29, 0.717) is 26.2 Å². The van der Waals surface area contributed by atoms with Gasteiger partial charge in [0.15, 0.2) is 0 Å². The number of hydrogen-bond acceptors (Lipinski definition) is 1. The molecular formula is C12H7Cl3O. The van der Waals surface area contributed by atoms with Crippen LogP contribution in [-0.4, -0.2) is 5.11 Å². The predicted molar refractivity (Wildman–Crippen MR) is 68.6 cm³/mol. The molecule has 16 heavy (non-hydrogen) atoms. The summed E-state index contributed by atoms with van der Waals surface area (Å²) in [4.78, 5) is 0. The maximum Gasteiger partial charge on any atom is 0.123 e. The van der Waals surface area contributed by atoms with Gasteiger partial charge in [0.05, 0.1) is 10.0 Å². The van der Waals surface area contributed by atoms with Crippen LogP contribution in [0.4, 0.5) is 0 Å². The van der Waals surface area contributed by atoms with E-state index in [1.807, 2.05) is 0 Å². The molecule has 1 nitrogen and oxygen atoms in total. The fourth-order valence-corrected chi connectivity index (χ4v) is 2.51. The monoisotopic (exact) mass is 272 g/mol. The molecule has 0 radical (unpaired) electrons. The van der Waals surface area contributed by atoms with Crippen LogP contribution < -0.4 is 0 Å². The third kappa shape index (κ3) is 2.12. The van der Waals surface area contributed by atoms with E-state index in [4.69, 9.17) is 34.8 Å². The van der Waals surface area contributed by atoms with Gasteiger partial charge in [-0.1, -0.05) is 53.0 Å². The lowest BCUT2D eigenvalue weighted by Gasteiger charge is -2.09. The molecule has 2 aromatic carbocycles. The predicted octanol–water partition coefficient (Wildman–Crippen LogP) is 5.02. The highest BCUT2D eigenvalue weighted by atomic mass is 35.5. The summed E-state index contributed by atoms with van der Waals surface area (Å²) in [6.07, 6.45) is 0. The molecule has 0 bridgehead atoms. The average Bonchev–Trinajstić information content (AvgIpc) is 2.19. The van der Waals surface area contributed by atoms with Gasteiger partial charge in [0.1, 0.15) is 5.75 Å². The van der Waals surface area contributed by atoms with Crippen molar-refractivity contribution in [2.75, 3.05) is 0 Å². The molecule has 2 aromatic rings. The highest BCUT2D eigenvalue weighted by molar-refractivity contribution is 6.41. The van der Waals surface area contributed by atoms with Gasteiger partial charge in [0.25, 0.3) is 0 Å². The zero-order valence-electron chi connectivity index (χ0n) is 8.05. The fraction of sp³-hybridized carbons (Fsp3) is 0. The molecule has 1 N–H and O–H groups in total. The van der Waals surface area contributed by atoms with Crippen LogP contribution in [-0.2, 0) is 0 Å². The quantitative estimate of drug-likeness (QED) is 0.773. The summed E-state index contributed by atoms with van der Waals surface area (Å²) < 4.78 is 0. The summed E-state index contributed by atoms with van der Waals surface area (Å²) in [6, 6.07) is 10.0. The Balaban J connectivity index is 2.70. The third-order valence-corrected chi connectivity index (χ3v) is 2.99. The lowest BCUT2D eigenvalue weighted by atomic mass is 10.0.